The van der Waals surface area contributed by atoms with Crippen molar-refractivity contribution in [2.24, 2.45) is 0 Å². The first-order chi connectivity index (χ1) is 10.3. The van der Waals surface area contributed by atoms with Crippen LogP contribution in [0.15, 0.2) is 78.9 Å². The van der Waals surface area contributed by atoms with Gasteiger partial charge in [-0.3, -0.25) is 0 Å². The predicted molar refractivity (Wildman–Crippen MR) is 90.6 cm³/mol. The van der Waals surface area contributed by atoms with E-state index in [1.165, 1.54) is 27.8 Å². The van der Waals surface area contributed by atoms with Gasteiger partial charge in [0.15, 0.2) is 0 Å². The van der Waals surface area contributed by atoms with E-state index in [2.05, 4.69) is 92.7 Å². The minimum Gasteiger partial charge on any atom is -0.0622 e. The monoisotopic (exact) mass is 272 g/mol. The molecule has 104 valence electrons. The molecule has 0 aliphatic rings. The summed E-state index contributed by atoms with van der Waals surface area (Å²) in [5.74, 6) is 0.390. The summed E-state index contributed by atoms with van der Waals surface area (Å²) in [5.41, 5.74) is 6.68. The number of aryl methyl sites for hydroxylation is 1. The van der Waals surface area contributed by atoms with Crippen LogP contribution in [0.4, 0.5) is 0 Å². The molecule has 0 bridgehead atoms. The molecule has 0 saturated heterocycles. The van der Waals surface area contributed by atoms with Crippen molar-refractivity contribution in [3.05, 3.63) is 95.6 Å². The minimum atomic E-state index is 0.390. The molecule has 1 atom stereocenters. The van der Waals surface area contributed by atoms with Crippen molar-refractivity contribution in [1.82, 2.24) is 0 Å². The van der Waals surface area contributed by atoms with Gasteiger partial charge in [0.25, 0.3) is 0 Å². The van der Waals surface area contributed by atoms with Crippen LogP contribution in [0.25, 0.3) is 11.1 Å². The third-order valence-electron chi connectivity index (χ3n) is 4.05. The van der Waals surface area contributed by atoms with Crippen molar-refractivity contribution in [3.8, 4) is 11.1 Å². The summed E-state index contributed by atoms with van der Waals surface area (Å²) < 4.78 is 0. The van der Waals surface area contributed by atoms with E-state index in [1.807, 2.05) is 0 Å². The number of hydrogen-bond donors (Lipinski definition) is 0. The molecule has 1 unspecified atom stereocenters. The molecule has 0 aliphatic heterocycles. The lowest BCUT2D eigenvalue weighted by molar-refractivity contribution is 0.922. The SMILES string of the molecule is Cc1cccc(C(C)c2ccccc2-c2ccccc2)c1. The van der Waals surface area contributed by atoms with Crippen LogP contribution in [0.5, 0.6) is 0 Å². The van der Waals surface area contributed by atoms with E-state index < -0.39 is 0 Å². The Morgan fingerprint density at radius 2 is 1.43 bits per heavy atom. The zero-order valence-corrected chi connectivity index (χ0v) is 12.6. The molecule has 0 N–H and O–H groups in total. The van der Waals surface area contributed by atoms with E-state index in [4.69, 9.17) is 0 Å². The number of hydrogen-bond acceptors (Lipinski definition) is 0. The summed E-state index contributed by atoms with van der Waals surface area (Å²) in [5, 5.41) is 0. The zero-order valence-electron chi connectivity index (χ0n) is 12.6. The molecular weight excluding hydrogens is 252 g/mol. The fourth-order valence-electron chi connectivity index (χ4n) is 2.87. The first-order valence-electron chi connectivity index (χ1n) is 7.46. The fourth-order valence-corrected chi connectivity index (χ4v) is 2.87. The summed E-state index contributed by atoms with van der Waals surface area (Å²) >= 11 is 0. The molecule has 0 heteroatoms. The van der Waals surface area contributed by atoms with Gasteiger partial charge in [-0.15, -0.1) is 0 Å². The second-order valence-electron chi connectivity index (χ2n) is 5.59. The minimum absolute atomic E-state index is 0.390. The van der Waals surface area contributed by atoms with Crippen molar-refractivity contribution >= 4 is 0 Å². The molecule has 0 radical (unpaired) electrons. The van der Waals surface area contributed by atoms with E-state index in [0.29, 0.717) is 5.92 Å². The van der Waals surface area contributed by atoms with Crippen molar-refractivity contribution in [3.63, 3.8) is 0 Å². The van der Waals surface area contributed by atoms with Gasteiger partial charge in [-0.2, -0.15) is 0 Å². The highest BCUT2D eigenvalue weighted by molar-refractivity contribution is 5.68. The van der Waals surface area contributed by atoms with E-state index >= 15 is 0 Å². The van der Waals surface area contributed by atoms with Gasteiger partial charge in [0.2, 0.25) is 0 Å². The number of rotatable bonds is 3. The van der Waals surface area contributed by atoms with Crippen molar-refractivity contribution in [1.29, 1.82) is 0 Å². The molecule has 0 aliphatic carbocycles. The van der Waals surface area contributed by atoms with Gasteiger partial charge < -0.3 is 0 Å². The molecular formula is C21H20. The Kier molecular flexibility index (Phi) is 3.87. The molecule has 3 aromatic rings. The molecule has 0 saturated carbocycles. The van der Waals surface area contributed by atoms with Crippen LogP contribution in [0.2, 0.25) is 0 Å². The standard InChI is InChI=1S/C21H20/c1-16-9-8-12-19(15-16)17(2)20-13-6-7-14-21(20)18-10-4-3-5-11-18/h3-15,17H,1-2H3. The van der Waals surface area contributed by atoms with Gasteiger partial charge in [-0.25, -0.2) is 0 Å². The Bertz CT molecular complexity index is 726. The average molecular weight is 272 g/mol. The van der Waals surface area contributed by atoms with Gasteiger partial charge in [0.1, 0.15) is 0 Å². The van der Waals surface area contributed by atoms with E-state index in [-0.39, 0.29) is 0 Å². The van der Waals surface area contributed by atoms with Gasteiger partial charge in [-0.1, -0.05) is 91.3 Å². The lowest BCUT2D eigenvalue weighted by Gasteiger charge is -2.17. The maximum atomic E-state index is 2.29. The van der Waals surface area contributed by atoms with Gasteiger partial charge in [0.05, 0.1) is 0 Å². The predicted octanol–water partition coefficient (Wildman–Crippen LogP) is 5.81. The van der Waals surface area contributed by atoms with E-state index in [1.54, 1.807) is 0 Å². The Labute approximate surface area is 127 Å². The van der Waals surface area contributed by atoms with Crippen LogP contribution in [0, 0.1) is 6.92 Å². The average Bonchev–Trinajstić information content (AvgIpc) is 2.55. The maximum Gasteiger partial charge on any atom is 0.00672 e. The lowest BCUT2D eigenvalue weighted by Crippen LogP contribution is -1.99. The van der Waals surface area contributed by atoms with Crippen LogP contribution < -0.4 is 0 Å². The molecule has 21 heavy (non-hydrogen) atoms. The Morgan fingerprint density at radius 3 is 2.19 bits per heavy atom. The van der Waals surface area contributed by atoms with Crippen LogP contribution in [-0.2, 0) is 0 Å². The Morgan fingerprint density at radius 1 is 0.714 bits per heavy atom. The molecule has 0 spiro atoms. The molecule has 3 aromatic carbocycles. The smallest absolute Gasteiger partial charge is 0.00672 e. The maximum absolute atomic E-state index is 2.29. The number of benzene rings is 3. The zero-order chi connectivity index (χ0) is 14.7. The van der Waals surface area contributed by atoms with Crippen LogP contribution in [0.3, 0.4) is 0 Å². The highest BCUT2D eigenvalue weighted by Crippen LogP contribution is 2.33. The summed E-state index contributed by atoms with van der Waals surface area (Å²) in [6.07, 6.45) is 0. The molecule has 0 fully saturated rings. The van der Waals surface area contributed by atoms with E-state index in [0.717, 1.165) is 0 Å². The second-order valence-corrected chi connectivity index (χ2v) is 5.59. The second kappa shape index (κ2) is 5.97. The quantitative estimate of drug-likeness (QED) is 0.564. The summed E-state index contributed by atoms with van der Waals surface area (Å²) in [7, 11) is 0. The van der Waals surface area contributed by atoms with E-state index in [9.17, 15) is 0 Å². The van der Waals surface area contributed by atoms with Crippen molar-refractivity contribution in [2.45, 2.75) is 19.8 Å². The summed E-state index contributed by atoms with van der Waals surface area (Å²) in [6.45, 7) is 4.44. The topological polar surface area (TPSA) is 0 Å². The highest BCUT2D eigenvalue weighted by atomic mass is 14.2. The fraction of sp³-hybridized carbons (Fsp3) is 0.143. The molecule has 0 aromatic heterocycles. The van der Waals surface area contributed by atoms with Gasteiger partial charge in [-0.05, 0) is 29.2 Å². The Hall–Kier alpha value is -2.34. The van der Waals surface area contributed by atoms with Crippen LogP contribution in [-0.4, -0.2) is 0 Å². The van der Waals surface area contributed by atoms with Crippen LogP contribution >= 0.6 is 0 Å². The first-order valence-corrected chi connectivity index (χ1v) is 7.46. The summed E-state index contributed by atoms with van der Waals surface area (Å²) in [4.78, 5) is 0. The first kappa shape index (κ1) is 13.6. The largest absolute Gasteiger partial charge is 0.0622 e. The lowest BCUT2D eigenvalue weighted by atomic mass is 9.87. The van der Waals surface area contributed by atoms with Crippen molar-refractivity contribution in [2.75, 3.05) is 0 Å². The molecule has 0 nitrogen and oxygen atoms in total. The molecule has 3 rings (SSSR count). The third kappa shape index (κ3) is 2.90. The van der Waals surface area contributed by atoms with Gasteiger partial charge >= 0.3 is 0 Å². The highest BCUT2D eigenvalue weighted by Gasteiger charge is 2.13. The van der Waals surface area contributed by atoms with Gasteiger partial charge in [0, 0.05) is 5.92 Å². The molecule has 0 amide bonds. The molecule has 0 heterocycles. The normalized spacial score (nSPS) is 12.1. The van der Waals surface area contributed by atoms with Crippen molar-refractivity contribution < 1.29 is 0 Å². The Balaban J connectivity index is 2.07. The summed E-state index contributed by atoms with van der Waals surface area (Å²) in [6, 6.07) is 28.2. The van der Waals surface area contributed by atoms with Crippen LogP contribution in [0.1, 0.15) is 29.5 Å². The third-order valence-corrected chi connectivity index (χ3v) is 4.05.